The fourth-order valence-corrected chi connectivity index (χ4v) is 2.05. The minimum atomic E-state index is -0.384. The molecule has 5 heteroatoms. The van der Waals surface area contributed by atoms with Crippen LogP contribution in [0.5, 0.6) is 0 Å². The SMILES string of the molecule is NCCCC1CN(c2ccccc2F)C(=O)CO1. The van der Waals surface area contributed by atoms with Crippen molar-refractivity contribution >= 4 is 11.6 Å². The first-order chi connectivity index (χ1) is 8.72. The Morgan fingerprint density at radius 1 is 1.44 bits per heavy atom. The van der Waals surface area contributed by atoms with Crippen LogP contribution in [0, 0.1) is 5.82 Å². The van der Waals surface area contributed by atoms with Gasteiger partial charge in [-0.1, -0.05) is 12.1 Å². The second-order valence-electron chi connectivity index (χ2n) is 4.32. The Morgan fingerprint density at radius 2 is 2.22 bits per heavy atom. The fourth-order valence-electron chi connectivity index (χ4n) is 2.05. The third kappa shape index (κ3) is 2.86. The zero-order valence-electron chi connectivity index (χ0n) is 10.1. The van der Waals surface area contributed by atoms with Crippen molar-refractivity contribution in [2.45, 2.75) is 18.9 Å². The largest absolute Gasteiger partial charge is 0.367 e. The van der Waals surface area contributed by atoms with Gasteiger partial charge < -0.3 is 15.4 Å². The first kappa shape index (κ1) is 13.0. The van der Waals surface area contributed by atoms with Crippen molar-refractivity contribution in [3.63, 3.8) is 0 Å². The van der Waals surface area contributed by atoms with Crippen LogP contribution in [0.15, 0.2) is 24.3 Å². The van der Waals surface area contributed by atoms with Crippen molar-refractivity contribution in [3.05, 3.63) is 30.1 Å². The molecule has 1 unspecified atom stereocenters. The van der Waals surface area contributed by atoms with E-state index in [1.807, 2.05) is 0 Å². The van der Waals surface area contributed by atoms with Gasteiger partial charge in [0.05, 0.1) is 18.3 Å². The van der Waals surface area contributed by atoms with Crippen molar-refractivity contribution in [1.29, 1.82) is 0 Å². The summed E-state index contributed by atoms with van der Waals surface area (Å²) in [7, 11) is 0. The Morgan fingerprint density at radius 3 is 2.94 bits per heavy atom. The quantitative estimate of drug-likeness (QED) is 0.878. The Balaban J connectivity index is 2.10. The lowest BCUT2D eigenvalue weighted by atomic mass is 10.1. The summed E-state index contributed by atoms with van der Waals surface area (Å²) in [6, 6.07) is 6.29. The third-order valence-corrected chi connectivity index (χ3v) is 3.00. The van der Waals surface area contributed by atoms with E-state index in [9.17, 15) is 9.18 Å². The van der Waals surface area contributed by atoms with Crippen molar-refractivity contribution in [3.8, 4) is 0 Å². The van der Waals surface area contributed by atoms with Gasteiger partial charge in [0.1, 0.15) is 12.4 Å². The Labute approximate surface area is 106 Å². The van der Waals surface area contributed by atoms with Crippen LogP contribution >= 0.6 is 0 Å². The van der Waals surface area contributed by atoms with Crippen LogP contribution in [0.2, 0.25) is 0 Å². The van der Waals surface area contributed by atoms with Crippen molar-refractivity contribution in [2.75, 3.05) is 24.6 Å². The molecule has 1 saturated heterocycles. The number of carbonyl (C=O) groups excluding carboxylic acids is 1. The zero-order chi connectivity index (χ0) is 13.0. The molecule has 0 saturated carbocycles. The minimum Gasteiger partial charge on any atom is -0.367 e. The number of ether oxygens (including phenoxy) is 1. The molecule has 2 rings (SSSR count). The lowest BCUT2D eigenvalue weighted by molar-refractivity contribution is -0.129. The molecule has 1 aromatic carbocycles. The predicted octanol–water partition coefficient (Wildman–Crippen LogP) is 1.30. The fraction of sp³-hybridized carbons (Fsp3) is 0.462. The highest BCUT2D eigenvalue weighted by Gasteiger charge is 2.28. The van der Waals surface area contributed by atoms with E-state index < -0.39 is 0 Å². The average molecular weight is 252 g/mol. The van der Waals surface area contributed by atoms with E-state index in [0.29, 0.717) is 18.8 Å². The van der Waals surface area contributed by atoms with Gasteiger partial charge in [-0.25, -0.2) is 4.39 Å². The van der Waals surface area contributed by atoms with Crippen LogP contribution in [0.25, 0.3) is 0 Å². The van der Waals surface area contributed by atoms with Crippen LogP contribution in [0.1, 0.15) is 12.8 Å². The van der Waals surface area contributed by atoms with Crippen LogP contribution < -0.4 is 10.6 Å². The number of hydrogen-bond acceptors (Lipinski definition) is 3. The Hall–Kier alpha value is -1.46. The van der Waals surface area contributed by atoms with Gasteiger partial charge in [0.2, 0.25) is 0 Å². The van der Waals surface area contributed by atoms with E-state index in [-0.39, 0.29) is 24.4 Å². The standard InChI is InChI=1S/C13H17FN2O2/c14-11-5-1-2-6-12(11)16-8-10(4-3-7-15)18-9-13(16)17/h1-2,5-6,10H,3-4,7-9,15H2. The molecule has 1 amide bonds. The van der Waals surface area contributed by atoms with Gasteiger partial charge >= 0.3 is 0 Å². The maximum atomic E-state index is 13.7. The molecule has 18 heavy (non-hydrogen) atoms. The summed E-state index contributed by atoms with van der Waals surface area (Å²) < 4.78 is 19.1. The van der Waals surface area contributed by atoms with E-state index in [1.54, 1.807) is 18.2 Å². The molecule has 1 atom stereocenters. The van der Waals surface area contributed by atoms with Crippen LogP contribution in [0.3, 0.4) is 0 Å². The Kier molecular flexibility index (Phi) is 4.28. The van der Waals surface area contributed by atoms with E-state index in [2.05, 4.69) is 0 Å². The van der Waals surface area contributed by atoms with Gasteiger partial charge in [-0.15, -0.1) is 0 Å². The maximum Gasteiger partial charge on any atom is 0.253 e. The molecular formula is C13H17FN2O2. The smallest absolute Gasteiger partial charge is 0.253 e. The third-order valence-electron chi connectivity index (χ3n) is 3.00. The molecular weight excluding hydrogens is 235 g/mol. The molecule has 4 nitrogen and oxygen atoms in total. The second kappa shape index (κ2) is 5.93. The molecule has 0 aliphatic carbocycles. The molecule has 1 aromatic rings. The van der Waals surface area contributed by atoms with Crippen molar-refractivity contribution < 1.29 is 13.9 Å². The number of carbonyl (C=O) groups is 1. The van der Waals surface area contributed by atoms with Gasteiger partial charge in [-0.2, -0.15) is 0 Å². The summed E-state index contributed by atoms with van der Waals surface area (Å²) >= 11 is 0. The molecule has 0 radical (unpaired) electrons. The average Bonchev–Trinajstić information content (AvgIpc) is 2.39. The highest BCUT2D eigenvalue weighted by molar-refractivity contribution is 5.95. The predicted molar refractivity (Wildman–Crippen MR) is 66.8 cm³/mol. The van der Waals surface area contributed by atoms with Gasteiger partial charge in [0, 0.05) is 0 Å². The van der Waals surface area contributed by atoms with Gasteiger partial charge in [0.25, 0.3) is 5.91 Å². The molecule has 1 aliphatic heterocycles. The van der Waals surface area contributed by atoms with Gasteiger partial charge in [-0.3, -0.25) is 4.79 Å². The summed E-state index contributed by atoms with van der Waals surface area (Å²) in [5.41, 5.74) is 5.77. The summed E-state index contributed by atoms with van der Waals surface area (Å²) in [4.78, 5) is 13.2. The highest BCUT2D eigenvalue weighted by Crippen LogP contribution is 2.23. The molecule has 0 aromatic heterocycles. The van der Waals surface area contributed by atoms with E-state index >= 15 is 0 Å². The molecule has 2 N–H and O–H groups in total. The number of amides is 1. The first-order valence-corrected chi connectivity index (χ1v) is 6.09. The normalized spacial score (nSPS) is 20.2. The number of benzene rings is 1. The molecule has 1 aliphatic rings. The molecule has 0 bridgehead atoms. The number of morpholine rings is 1. The minimum absolute atomic E-state index is 0.00354. The highest BCUT2D eigenvalue weighted by atomic mass is 19.1. The topological polar surface area (TPSA) is 55.6 Å². The van der Waals surface area contributed by atoms with Gasteiger partial charge in [0.15, 0.2) is 0 Å². The number of hydrogen-bond donors (Lipinski definition) is 1. The number of anilines is 1. The monoisotopic (exact) mass is 252 g/mol. The summed E-state index contributed by atoms with van der Waals surface area (Å²) in [6.07, 6.45) is 1.56. The lowest BCUT2D eigenvalue weighted by Crippen LogP contribution is -2.47. The van der Waals surface area contributed by atoms with Crippen LogP contribution in [0.4, 0.5) is 10.1 Å². The van der Waals surface area contributed by atoms with E-state index in [1.165, 1.54) is 11.0 Å². The number of para-hydroxylation sites is 1. The van der Waals surface area contributed by atoms with Crippen LogP contribution in [-0.2, 0) is 9.53 Å². The van der Waals surface area contributed by atoms with Crippen LogP contribution in [-0.4, -0.2) is 31.7 Å². The van der Waals surface area contributed by atoms with Gasteiger partial charge in [-0.05, 0) is 31.5 Å². The van der Waals surface area contributed by atoms with Crippen molar-refractivity contribution in [1.82, 2.24) is 0 Å². The molecule has 1 heterocycles. The maximum absolute atomic E-state index is 13.7. The van der Waals surface area contributed by atoms with Crippen molar-refractivity contribution in [2.24, 2.45) is 5.73 Å². The molecule has 0 spiro atoms. The number of nitrogens with two attached hydrogens (primary N) is 1. The van der Waals surface area contributed by atoms with E-state index in [4.69, 9.17) is 10.5 Å². The molecule has 1 fully saturated rings. The lowest BCUT2D eigenvalue weighted by Gasteiger charge is -2.33. The number of rotatable bonds is 4. The summed E-state index contributed by atoms with van der Waals surface area (Å²) in [5, 5.41) is 0. The first-order valence-electron chi connectivity index (χ1n) is 6.09. The summed E-state index contributed by atoms with van der Waals surface area (Å²) in [6.45, 7) is 0.983. The Bertz CT molecular complexity index is 425. The number of nitrogens with zero attached hydrogens (tertiary/aromatic N) is 1. The second-order valence-corrected chi connectivity index (χ2v) is 4.32. The number of halogens is 1. The zero-order valence-corrected chi connectivity index (χ0v) is 10.1. The van der Waals surface area contributed by atoms with E-state index in [0.717, 1.165) is 12.8 Å². The molecule has 98 valence electrons. The summed E-state index contributed by atoms with van der Waals surface area (Å²) in [5.74, 6) is -0.588.